The fraction of sp³-hybridized carbons (Fsp3) is 0.647. The van der Waals surface area contributed by atoms with E-state index in [-0.39, 0.29) is 11.0 Å². The molecule has 2 aliphatic rings. The monoisotopic (exact) mass is 505 g/mol. The van der Waals surface area contributed by atoms with Crippen LogP contribution in [0.15, 0.2) is 42.5 Å². The predicted molar refractivity (Wildman–Crippen MR) is 157 cm³/mol. The maximum atomic E-state index is 5.96. The van der Waals surface area contributed by atoms with Gasteiger partial charge in [-0.2, -0.15) is 0 Å². The van der Waals surface area contributed by atoms with Crippen LogP contribution in [0, 0.1) is 11.8 Å². The van der Waals surface area contributed by atoms with E-state index < -0.39 is 0 Å². The number of rotatable bonds is 9. The van der Waals surface area contributed by atoms with Crippen molar-refractivity contribution in [1.82, 2.24) is 0 Å². The third-order valence-electron chi connectivity index (χ3n) is 8.73. The van der Waals surface area contributed by atoms with Gasteiger partial charge in [0.15, 0.2) is 0 Å². The Morgan fingerprint density at radius 3 is 2.41 bits per heavy atom. The smallest absolute Gasteiger partial charge is 0.0629 e. The molecule has 1 N–H and O–H groups in total. The second-order valence-electron chi connectivity index (χ2n) is 13.4. The van der Waals surface area contributed by atoms with Crippen LogP contribution in [0.3, 0.4) is 0 Å². The van der Waals surface area contributed by atoms with Gasteiger partial charge in [0, 0.05) is 31.5 Å². The maximum absolute atomic E-state index is 5.96. The summed E-state index contributed by atoms with van der Waals surface area (Å²) < 4.78 is 11.6. The first-order valence-electron chi connectivity index (χ1n) is 14.7. The first-order valence-corrected chi connectivity index (χ1v) is 14.7. The van der Waals surface area contributed by atoms with Gasteiger partial charge in [-0.05, 0) is 117 Å². The first kappa shape index (κ1) is 28.2. The van der Waals surface area contributed by atoms with Crippen LogP contribution in [-0.4, -0.2) is 31.5 Å². The van der Waals surface area contributed by atoms with Crippen molar-refractivity contribution in [1.29, 1.82) is 0 Å². The van der Waals surface area contributed by atoms with Crippen molar-refractivity contribution in [2.75, 3.05) is 25.1 Å². The molecule has 37 heavy (non-hydrogen) atoms. The Hall–Kier alpha value is -1.84. The van der Waals surface area contributed by atoms with E-state index in [9.17, 15) is 0 Å². The van der Waals surface area contributed by atoms with Gasteiger partial charge in [0.1, 0.15) is 0 Å². The Bertz CT molecular complexity index is 1020. The molecule has 0 saturated carbocycles. The minimum atomic E-state index is 0.00916. The Kier molecular flexibility index (Phi) is 9.07. The lowest BCUT2D eigenvalue weighted by molar-refractivity contribution is -0.0721. The van der Waals surface area contributed by atoms with E-state index >= 15 is 0 Å². The van der Waals surface area contributed by atoms with Gasteiger partial charge >= 0.3 is 0 Å². The van der Waals surface area contributed by atoms with Crippen LogP contribution < -0.4 is 5.32 Å². The van der Waals surface area contributed by atoms with Gasteiger partial charge in [0.2, 0.25) is 0 Å². The topological polar surface area (TPSA) is 30.5 Å². The van der Waals surface area contributed by atoms with Crippen molar-refractivity contribution in [3.8, 4) is 0 Å². The largest absolute Gasteiger partial charge is 0.382 e. The van der Waals surface area contributed by atoms with E-state index in [0.717, 1.165) is 51.9 Å². The highest BCUT2D eigenvalue weighted by Crippen LogP contribution is 2.34. The van der Waals surface area contributed by atoms with E-state index in [2.05, 4.69) is 96.2 Å². The summed E-state index contributed by atoms with van der Waals surface area (Å²) in [6.07, 6.45) is 6.80. The van der Waals surface area contributed by atoms with E-state index in [1.165, 1.54) is 34.4 Å². The molecule has 3 nitrogen and oxygen atoms in total. The van der Waals surface area contributed by atoms with Gasteiger partial charge in [0.25, 0.3) is 0 Å². The minimum Gasteiger partial charge on any atom is -0.382 e. The van der Waals surface area contributed by atoms with Gasteiger partial charge in [-0.3, -0.25) is 0 Å². The number of ether oxygens (including phenoxy) is 2. The quantitative estimate of drug-likeness (QED) is 0.372. The molecule has 2 atom stereocenters. The Labute approximate surface area is 226 Å². The molecule has 2 saturated heterocycles. The molecular weight excluding hydrogens is 454 g/mol. The summed E-state index contributed by atoms with van der Waals surface area (Å²) in [4.78, 5) is 0. The van der Waals surface area contributed by atoms with Crippen molar-refractivity contribution in [2.45, 2.75) is 110 Å². The van der Waals surface area contributed by atoms with Crippen molar-refractivity contribution < 1.29 is 9.47 Å². The molecule has 204 valence electrons. The lowest BCUT2D eigenvalue weighted by Crippen LogP contribution is -2.34. The summed E-state index contributed by atoms with van der Waals surface area (Å²) in [7, 11) is 0. The normalized spacial score (nSPS) is 21.7. The zero-order valence-electron chi connectivity index (χ0n) is 24.5. The lowest BCUT2D eigenvalue weighted by atomic mass is 9.77. The zero-order chi connectivity index (χ0) is 26.6. The average Bonchev–Trinajstić information content (AvgIpc) is 2.83. The molecule has 4 rings (SSSR count). The van der Waals surface area contributed by atoms with Crippen LogP contribution in [0.25, 0.3) is 0 Å². The fourth-order valence-electron chi connectivity index (χ4n) is 6.43. The summed E-state index contributed by atoms with van der Waals surface area (Å²) in [6, 6.07) is 17.1. The second-order valence-corrected chi connectivity index (χ2v) is 13.4. The highest BCUT2D eigenvalue weighted by Gasteiger charge is 2.29. The molecule has 0 radical (unpaired) electrons. The molecule has 0 aliphatic carbocycles. The zero-order valence-corrected chi connectivity index (χ0v) is 24.5. The van der Waals surface area contributed by atoms with Crippen molar-refractivity contribution in [2.24, 2.45) is 11.8 Å². The molecule has 2 unspecified atom stereocenters. The van der Waals surface area contributed by atoms with Gasteiger partial charge < -0.3 is 14.8 Å². The number of benzene rings is 2. The van der Waals surface area contributed by atoms with Gasteiger partial charge in [0.05, 0.1) is 5.60 Å². The Balaban J connectivity index is 1.49. The molecular formula is C34H51NO2. The van der Waals surface area contributed by atoms with E-state index in [0.29, 0.717) is 23.8 Å². The average molecular weight is 506 g/mol. The molecule has 0 spiro atoms. The Morgan fingerprint density at radius 1 is 0.946 bits per heavy atom. The van der Waals surface area contributed by atoms with Crippen LogP contribution >= 0.6 is 0 Å². The predicted octanol–water partition coefficient (Wildman–Crippen LogP) is 8.31. The highest BCUT2D eigenvalue weighted by atomic mass is 16.5. The molecule has 2 heterocycles. The highest BCUT2D eigenvalue weighted by molar-refractivity contribution is 5.51. The van der Waals surface area contributed by atoms with Crippen molar-refractivity contribution in [3.63, 3.8) is 0 Å². The van der Waals surface area contributed by atoms with E-state index in [1.807, 2.05) is 0 Å². The van der Waals surface area contributed by atoms with Gasteiger partial charge in [-0.15, -0.1) is 0 Å². The van der Waals surface area contributed by atoms with E-state index in [1.54, 1.807) is 0 Å². The van der Waals surface area contributed by atoms with Crippen LogP contribution in [0.5, 0.6) is 0 Å². The number of hydrogen-bond donors (Lipinski definition) is 1. The molecule has 2 aromatic carbocycles. The lowest BCUT2D eigenvalue weighted by Gasteiger charge is -2.35. The van der Waals surface area contributed by atoms with E-state index in [4.69, 9.17) is 9.47 Å². The molecule has 0 aromatic heterocycles. The first-order chi connectivity index (χ1) is 17.5. The fourth-order valence-corrected chi connectivity index (χ4v) is 6.43. The van der Waals surface area contributed by atoms with Crippen LogP contribution in [0.1, 0.15) is 102 Å². The van der Waals surface area contributed by atoms with Gasteiger partial charge in [-0.1, -0.05) is 58.0 Å². The number of nitrogens with one attached hydrogen (secondary N) is 1. The summed E-state index contributed by atoms with van der Waals surface area (Å²) in [6.45, 7) is 18.9. The second kappa shape index (κ2) is 11.9. The molecule has 3 heteroatoms. The molecule has 0 bridgehead atoms. The van der Waals surface area contributed by atoms with Crippen LogP contribution in [0.4, 0.5) is 5.69 Å². The third kappa shape index (κ3) is 7.83. The number of anilines is 1. The van der Waals surface area contributed by atoms with Crippen LogP contribution in [-0.2, 0) is 27.7 Å². The Morgan fingerprint density at radius 2 is 1.70 bits per heavy atom. The van der Waals surface area contributed by atoms with Gasteiger partial charge in [-0.25, -0.2) is 0 Å². The summed E-state index contributed by atoms with van der Waals surface area (Å²) in [5.41, 5.74) is 7.10. The summed E-state index contributed by atoms with van der Waals surface area (Å²) >= 11 is 0. The minimum absolute atomic E-state index is 0.00916. The van der Waals surface area contributed by atoms with Crippen molar-refractivity contribution in [3.05, 3.63) is 64.7 Å². The summed E-state index contributed by atoms with van der Waals surface area (Å²) in [5, 5.41) is 3.87. The van der Waals surface area contributed by atoms with Crippen molar-refractivity contribution >= 4 is 5.69 Å². The molecule has 0 amide bonds. The summed E-state index contributed by atoms with van der Waals surface area (Å²) in [5.74, 6) is 1.89. The van der Waals surface area contributed by atoms with Crippen LogP contribution in [0.2, 0.25) is 0 Å². The third-order valence-corrected chi connectivity index (χ3v) is 8.73. The molecule has 2 fully saturated rings. The molecule has 2 aliphatic heterocycles. The maximum Gasteiger partial charge on any atom is 0.0629 e. The molecule has 2 aromatic rings. The number of hydrogen-bond acceptors (Lipinski definition) is 3. The SMILES string of the molecule is CC(C)c1cc(CC(C)(C)c2cccc(CC3CCOC(C)(C)C3)c2)cc(NC(C)C2CCOCC2)c1. The standard InChI is InChI=1S/C34H51NO2/c1-24(2)30-18-28(20-32(21-30)35-25(3)29-12-14-36-15-13-29)22-33(4,5)31-10-8-9-26(19-31)17-27-11-16-37-34(6,7)23-27/h8-10,18-21,24-25,27,29,35H,11-17,22-23H2,1-7H3.